The molecule has 0 amide bonds. The average Bonchev–Trinajstić information content (AvgIpc) is 2.03. The molecule has 0 saturated carbocycles. The summed E-state index contributed by atoms with van der Waals surface area (Å²) in [5.74, 6) is 0. The van der Waals surface area contributed by atoms with Crippen molar-refractivity contribution in [3.63, 3.8) is 0 Å². The van der Waals surface area contributed by atoms with Crippen LogP contribution in [0.25, 0.3) is 0 Å². The molecule has 0 aliphatic carbocycles. The summed E-state index contributed by atoms with van der Waals surface area (Å²) in [4.78, 5) is 0. The van der Waals surface area contributed by atoms with Gasteiger partial charge in [-0.2, -0.15) is 0 Å². The van der Waals surface area contributed by atoms with E-state index in [1.165, 1.54) is 19.3 Å². The Balaban J connectivity index is 2.25. The Kier molecular flexibility index (Phi) is 3.55. The van der Waals surface area contributed by atoms with Gasteiger partial charge >= 0.3 is 0 Å². The maximum atomic E-state index is 5.70. The summed E-state index contributed by atoms with van der Waals surface area (Å²) in [6.45, 7) is 6.05. The maximum absolute atomic E-state index is 5.70. The van der Waals surface area contributed by atoms with Crippen LogP contribution in [0.5, 0.6) is 0 Å². The van der Waals surface area contributed by atoms with Crippen LogP contribution in [0.1, 0.15) is 33.1 Å². The molecular formula is C8H18O2Si. The van der Waals surface area contributed by atoms with Gasteiger partial charge in [0.2, 0.25) is 0 Å². The van der Waals surface area contributed by atoms with Gasteiger partial charge in [0.05, 0.1) is 5.22 Å². The third-order valence-electron chi connectivity index (χ3n) is 2.16. The van der Waals surface area contributed by atoms with Crippen LogP contribution in [0.4, 0.5) is 0 Å². The number of rotatable bonds is 3. The zero-order valence-electron chi connectivity index (χ0n) is 7.56. The summed E-state index contributed by atoms with van der Waals surface area (Å²) in [6, 6.07) is 0. The highest BCUT2D eigenvalue weighted by atomic mass is 28.2. The van der Waals surface area contributed by atoms with Crippen LogP contribution in [0.3, 0.4) is 0 Å². The molecule has 1 rings (SSSR count). The quantitative estimate of drug-likeness (QED) is 0.595. The topological polar surface area (TPSA) is 18.5 Å². The van der Waals surface area contributed by atoms with Crippen LogP contribution in [0.2, 0.25) is 0 Å². The molecule has 0 spiro atoms. The van der Waals surface area contributed by atoms with Crippen LogP contribution in [0.15, 0.2) is 0 Å². The minimum absolute atomic E-state index is 0.147. The molecule has 0 bridgehead atoms. The molecule has 0 aromatic heterocycles. The zero-order valence-corrected chi connectivity index (χ0v) is 8.97. The van der Waals surface area contributed by atoms with Crippen LogP contribution in [0, 0.1) is 0 Å². The molecule has 1 heterocycles. The van der Waals surface area contributed by atoms with Gasteiger partial charge in [0.25, 0.3) is 0 Å². The first-order valence-electron chi connectivity index (χ1n) is 4.48. The highest BCUT2D eigenvalue weighted by Gasteiger charge is 2.28. The fourth-order valence-corrected chi connectivity index (χ4v) is 2.68. The summed E-state index contributed by atoms with van der Waals surface area (Å²) in [5.41, 5.74) is 0. The van der Waals surface area contributed by atoms with Crippen molar-refractivity contribution >= 4 is 9.76 Å². The highest BCUT2D eigenvalue weighted by molar-refractivity contribution is 6.31. The molecular weight excluding hydrogens is 156 g/mol. The fraction of sp³-hybridized carbons (Fsp3) is 1.00. The minimum atomic E-state index is -0.453. The second kappa shape index (κ2) is 4.23. The van der Waals surface area contributed by atoms with Crippen LogP contribution >= 0.6 is 0 Å². The summed E-state index contributed by atoms with van der Waals surface area (Å²) in [5, 5.41) is 0.147. The van der Waals surface area contributed by atoms with E-state index >= 15 is 0 Å². The van der Waals surface area contributed by atoms with Crippen LogP contribution in [-0.4, -0.2) is 28.2 Å². The van der Waals surface area contributed by atoms with Crippen molar-refractivity contribution in [2.24, 2.45) is 0 Å². The Morgan fingerprint density at radius 1 is 1.55 bits per heavy atom. The van der Waals surface area contributed by atoms with E-state index in [2.05, 4.69) is 13.8 Å². The number of ether oxygens (including phenoxy) is 1. The van der Waals surface area contributed by atoms with E-state index in [1.54, 1.807) is 0 Å². The third kappa shape index (κ3) is 2.93. The van der Waals surface area contributed by atoms with Gasteiger partial charge in [-0.3, -0.25) is 0 Å². The van der Waals surface area contributed by atoms with E-state index in [0.717, 1.165) is 13.2 Å². The Morgan fingerprint density at radius 3 is 2.91 bits per heavy atom. The molecule has 11 heavy (non-hydrogen) atoms. The maximum Gasteiger partial charge on any atom is 0.193 e. The first kappa shape index (κ1) is 9.23. The van der Waals surface area contributed by atoms with Crippen molar-refractivity contribution in [2.45, 2.75) is 38.3 Å². The molecule has 0 aromatic carbocycles. The lowest BCUT2D eigenvalue weighted by Crippen LogP contribution is -2.40. The van der Waals surface area contributed by atoms with Crippen molar-refractivity contribution in [2.75, 3.05) is 13.2 Å². The largest absolute Gasteiger partial charge is 0.421 e. The van der Waals surface area contributed by atoms with E-state index < -0.39 is 9.76 Å². The van der Waals surface area contributed by atoms with Gasteiger partial charge in [0, 0.05) is 13.2 Å². The second-order valence-corrected chi connectivity index (χ2v) is 5.59. The SMILES string of the molecule is CCO[SiH2]C1(C)CCCCO1. The molecule has 0 N–H and O–H groups in total. The van der Waals surface area contributed by atoms with Gasteiger partial charge in [-0.25, -0.2) is 0 Å². The lowest BCUT2D eigenvalue weighted by atomic mass is 10.1. The van der Waals surface area contributed by atoms with E-state index in [-0.39, 0.29) is 5.22 Å². The highest BCUT2D eigenvalue weighted by Crippen LogP contribution is 2.22. The molecule has 0 aromatic rings. The van der Waals surface area contributed by atoms with Gasteiger partial charge in [0.15, 0.2) is 9.76 Å². The molecule has 2 nitrogen and oxygen atoms in total. The Morgan fingerprint density at radius 2 is 2.36 bits per heavy atom. The molecule has 1 saturated heterocycles. The fourth-order valence-electron chi connectivity index (χ4n) is 1.42. The molecule has 1 aliphatic rings. The number of hydrogen-bond acceptors (Lipinski definition) is 2. The van der Waals surface area contributed by atoms with E-state index in [1.807, 2.05) is 0 Å². The van der Waals surface area contributed by atoms with Crippen molar-refractivity contribution in [3.8, 4) is 0 Å². The molecule has 0 radical (unpaired) electrons. The lowest BCUT2D eigenvalue weighted by molar-refractivity contribution is -0.0164. The predicted octanol–water partition coefficient (Wildman–Crippen LogP) is 1.02. The minimum Gasteiger partial charge on any atom is -0.421 e. The Bertz CT molecular complexity index is 111. The van der Waals surface area contributed by atoms with Gasteiger partial charge < -0.3 is 9.16 Å². The van der Waals surface area contributed by atoms with Crippen molar-refractivity contribution in [1.82, 2.24) is 0 Å². The van der Waals surface area contributed by atoms with Gasteiger partial charge in [-0.1, -0.05) is 0 Å². The van der Waals surface area contributed by atoms with Crippen molar-refractivity contribution < 1.29 is 9.16 Å². The normalized spacial score (nSPS) is 33.3. The van der Waals surface area contributed by atoms with Gasteiger partial charge in [-0.05, 0) is 33.1 Å². The second-order valence-electron chi connectivity index (χ2n) is 3.39. The van der Waals surface area contributed by atoms with Gasteiger partial charge in [-0.15, -0.1) is 0 Å². The average molecular weight is 174 g/mol. The monoisotopic (exact) mass is 174 g/mol. The Hall–Kier alpha value is 0.137. The Labute approximate surface area is 71.2 Å². The summed E-state index contributed by atoms with van der Waals surface area (Å²) >= 11 is 0. The summed E-state index contributed by atoms with van der Waals surface area (Å²) in [7, 11) is -0.453. The first-order valence-corrected chi connectivity index (χ1v) is 5.77. The van der Waals surface area contributed by atoms with Crippen molar-refractivity contribution in [1.29, 1.82) is 0 Å². The third-order valence-corrected chi connectivity index (χ3v) is 3.94. The first-order chi connectivity index (χ1) is 5.27. The van der Waals surface area contributed by atoms with E-state index in [4.69, 9.17) is 9.16 Å². The van der Waals surface area contributed by atoms with Crippen LogP contribution < -0.4 is 0 Å². The predicted molar refractivity (Wildman–Crippen MR) is 48.4 cm³/mol. The van der Waals surface area contributed by atoms with E-state index in [0.29, 0.717) is 0 Å². The standard InChI is InChI=1S/C8H18O2Si/c1-3-10-11-8(2)6-4-5-7-9-8/h3-7,11H2,1-2H3. The van der Waals surface area contributed by atoms with Crippen molar-refractivity contribution in [3.05, 3.63) is 0 Å². The van der Waals surface area contributed by atoms with E-state index in [9.17, 15) is 0 Å². The zero-order chi connectivity index (χ0) is 8.16. The molecule has 1 unspecified atom stereocenters. The molecule has 1 fully saturated rings. The smallest absolute Gasteiger partial charge is 0.193 e. The van der Waals surface area contributed by atoms with Gasteiger partial charge in [0.1, 0.15) is 0 Å². The molecule has 1 aliphatic heterocycles. The molecule has 1 atom stereocenters. The summed E-state index contributed by atoms with van der Waals surface area (Å²) in [6.07, 6.45) is 3.76. The number of hydrogen-bond donors (Lipinski definition) is 0. The molecule has 3 heteroatoms. The summed E-state index contributed by atoms with van der Waals surface area (Å²) < 4.78 is 11.2. The lowest BCUT2D eigenvalue weighted by Gasteiger charge is -2.32. The molecule has 66 valence electrons. The van der Waals surface area contributed by atoms with Crippen LogP contribution in [-0.2, 0) is 9.16 Å².